The van der Waals surface area contributed by atoms with Gasteiger partial charge in [0.05, 0.1) is 18.8 Å². The highest BCUT2D eigenvalue weighted by Crippen LogP contribution is 2.13. The Kier molecular flexibility index (Phi) is 3.59. The van der Waals surface area contributed by atoms with Crippen molar-refractivity contribution >= 4 is 32.4 Å². The number of imidazole rings is 1. The predicted molar refractivity (Wildman–Crippen MR) is 81.5 cm³/mol. The Morgan fingerprint density at radius 3 is 2.75 bits per heavy atom. The van der Waals surface area contributed by atoms with Gasteiger partial charge in [0.1, 0.15) is 5.75 Å². The van der Waals surface area contributed by atoms with Gasteiger partial charge < -0.3 is 10.1 Å². The zero-order valence-electron chi connectivity index (χ0n) is 11.5. The molecule has 0 bridgehead atoms. The van der Waals surface area contributed by atoms with Gasteiger partial charge >= 0.3 is 16.3 Å². The first-order valence-corrected chi connectivity index (χ1v) is 7.44. The maximum atomic E-state index is 5.15. The Morgan fingerprint density at radius 1 is 1.20 bits per heavy atom. The third kappa shape index (κ3) is 2.48. The minimum Gasteiger partial charge on any atom is -0.497 e. The summed E-state index contributed by atoms with van der Waals surface area (Å²) in [5, 5.41) is 3.36. The van der Waals surface area contributed by atoms with Crippen LogP contribution in [0.3, 0.4) is 0 Å². The number of methoxy groups -OCH3 is 1. The molecule has 0 atom stereocenters. The molecule has 20 heavy (non-hydrogen) atoms. The lowest BCUT2D eigenvalue weighted by Gasteiger charge is -2.09. The second-order valence-electron chi connectivity index (χ2n) is 4.54. The molecule has 0 saturated carbocycles. The molecule has 0 radical (unpaired) electrons. The van der Waals surface area contributed by atoms with Crippen molar-refractivity contribution in [2.45, 2.75) is 6.54 Å². The lowest BCUT2D eigenvalue weighted by molar-refractivity contribution is 0.414. The van der Waals surface area contributed by atoms with Crippen molar-refractivity contribution in [1.29, 1.82) is 0 Å². The molecule has 0 aliphatic carbocycles. The fraction of sp³-hybridized carbons (Fsp3) is 0.143. The van der Waals surface area contributed by atoms with Gasteiger partial charge in [0, 0.05) is 17.4 Å². The highest BCUT2D eigenvalue weighted by molar-refractivity contribution is 6.29. The van der Waals surface area contributed by atoms with Crippen LogP contribution in [0.2, 0.25) is 0 Å². The monoisotopic (exact) mass is 282 g/mol. The first-order valence-electron chi connectivity index (χ1n) is 6.44. The molecular formula is C14H15AlN4O. The van der Waals surface area contributed by atoms with E-state index in [0.29, 0.717) is 0 Å². The number of benzene rings is 1. The van der Waals surface area contributed by atoms with Crippen LogP contribution < -0.4 is 14.7 Å². The quantitative estimate of drug-likeness (QED) is 0.712. The molecule has 0 unspecified atom stereocenters. The Labute approximate surface area is 125 Å². The number of hydrogen-bond donors (Lipinski definition) is 1. The summed E-state index contributed by atoms with van der Waals surface area (Å²) >= 11 is 0.889. The molecule has 0 amide bonds. The summed E-state index contributed by atoms with van der Waals surface area (Å²) in [6, 6.07) is 9.97. The molecule has 0 aliphatic rings. The zero-order chi connectivity index (χ0) is 13.9. The summed E-state index contributed by atoms with van der Waals surface area (Å²) in [4.78, 5) is 8.76. The molecule has 3 rings (SSSR count). The molecule has 0 spiro atoms. The van der Waals surface area contributed by atoms with Crippen LogP contribution in [-0.2, 0) is 6.54 Å². The van der Waals surface area contributed by atoms with E-state index in [1.807, 2.05) is 36.5 Å². The molecule has 0 saturated heterocycles. The summed E-state index contributed by atoms with van der Waals surface area (Å²) in [7, 11) is 1.67. The lowest BCUT2D eigenvalue weighted by atomic mass is 10.2. The van der Waals surface area contributed by atoms with E-state index in [9.17, 15) is 0 Å². The van der Waals surface area contributed by atoms with Gasteiger partial charge in [0.15, 0.2) is 0 Å². The highest BCUT2D eigenvalue weighted by atomic mass is 27.0. The van der Waals surface area contributed by atoms with E-state index in [1.54, 1.807) is 13.3 Å². The maximum Gasteiger partial charge on any atom is 0.319 e. The number of nitrogens with zero attached hydrogens (tertiary/aromatic N) is 3. The summed E-state index contributed by atoms with van der Waals surface area (Å²) in [6.45, 7) is 0.718. The number of aromatic nitrogens is 3. The lowest BCUT2D eigenvalue weighted by Crippen LogP contribution is -2.17. The van der Waals surface area contributed by atoms with Crippen molar-refractivity contribution in [2.75, 3.05) is 12.4 Å². The van der Waals surface area contributed by atoms with E-state index < -0.39 is 0 Å². The number of nitrogens with one attached hydrogen (secondary N) is 1. The SMILES string of the molecule is COc1ccc(CNc2nccc3cn[c]([AlH2])n23)cc1. The number of anilines is 1. The smallest absolute Gasteiger partial charge is 0.319 e. The van der Waals surface area contributed by atoms with Gasteiger partial charge in [-0.1, -0.05) is 12.1 Å². The summed E-state index contributed by atoms with van der Waals surface area (Å²) in [5.41, 5.74) is 2.25. The Balaban J connectivity index is 1.81. The third-order valence-corrected chi connectivity index (χ3v) is 3.93. The van der Waals surface area contributed by atoms with Gasteiger partial charge in [-0.25, -0.2) is 4.98 Å². The average Bonchev–Trinajstić information content (AvgIpc) is 2.88. The average molecular weight is 282 g/mol. The molecule has 0 aliphatic heterocycles. The minimum atomic E-state index is 0.718. The molecule has 100 valence electrons. The normalized spacial score (nSPS) is 10.7. The zero-order valence-corrected chi connectivity index (χ0v) is 13.5. The van der Waals surface area contributed by atoms with Gasteiger partial charge in [-0.3, -0.25) is 9.38 Å². The van der Waals surface area contributed by atoms with Crippen molar-refractivity contribution in [3.63, 3.8) is 0 Å². The minimum absolute atomic E-state index is 0.718. The summed E-state index contributed by atoms with van der Waals surface area (Å²) < 4.78 is 8.28. The largest absolute Gasteiger partial charge is 0.497 e. The van der Waals surface area contributed by atoms with Crippen LogP contribution in [0.25, 0.3) is 5.52 Å². The van der Waals surface area contributed by atoms with Crippen molar-refractivity contribution in [3.05, 3.63) is 48.3 Å². The van der Waals surface area contributed by atoms with Crippen LogP contribution in [0.1, 0.15) is 5.56 Å². The molecular weight excluding hydrogens is 267 g/mol. The Bertz CT molecular complexity index is 724. The van der Waals surface area contributed by atoms with E-state index in [-0.39, 0.29) is 0 Å². The van der Waals surface area contributed by atoms with E-state index in [4.69, 9.17) is 4.74 Å². The number of rotatable bonds is 4. The molecule has 2 heterocycles. The van der Waals surface area contributed by atoms with Crippen molar-refractivity contribution < 1.29 is 4.74 Å². The second-order valence-corrected chi connectivity index (χ2v) is 5.43. The molecule has 5 nitrogen and oxygen atoms in total. The van der Waals surface area contributed by atoms with Crippen LogP contribution in [0.5, 0.6) is 5.75 Å². The number of fused-ring (bicyclic) bond motifs is 1. The van der Waals surface area contributed by atoms with Gasteiger partial charge in [0.25, 0.3) is 0 Å². The van der Waals surface area contributed by atoms with Crippen LogP contribution in [0.15, 0.2) is 42.7 Å². The molecule has 6 heteroatoms. The van der Waals surface area contributed by atoms with Gasteiger partial charge in [-0.15, -0.1) is 0 Å². The molecule has 1 N–H and O–H groups in total. The topological polar surface area (TPSA) is 51.5 Å². The molecule has 1 aromatic carbocycles. The van der Waals surface area contributed by atoms with E-state index >= 15 is 0 Å². The van der Waals surface area contributed by atoms with Crippen LogP contribution >= 0.6 is 0 Å². The fourth-order valence-corrected chi connectivity index (χ4v) is 2.75. The summed E-state index contributed by atoms with van der Waals surface area (Å²) in [5.74, 6) is 1.70. The maximum absolute atomic E-state index is 5.15. The highest BCUT2D eigenvalue weighted by Gasteiger charge is 2.04. The van der Waals surface area contributed by atoms with Crippen LogP contribution in [0.4, 0.5) is 5.95 Å². The standard InChI is InChI=1S/C14H13N4O.Al.2H/c1-19-13-4-2-11(3-5-13)8-17-14-16-7-6-12-9-15-10-18(12)14;;;/h2-7,9H,8H2,1H3,(H,16,17);;;. The third-order valence-electron chi connectivity index (χ3n) is 3.23. The molecule has 0 fully saturated rings. The van der Waals surface area contributed by atoms with E-state index in [0.717, 1.165) is 44.7 Å². The van der Waals surface area contributed by atoms with Crippen molar-refractivity contribution in [3.8, 4) is 5.75 Å². The molecule has 3 aromatic rings. The van der Waals surface area contributed by atoms with Gasteiger partial charge in [-0.05, 0) is 23.8 Å². The van der Waals surface area contributed by atoms with E-state index in [2.05, 4.69) is 19.7 Å². The number of hydrogen-bond acceptors (Lipinski definition) is 4. The van der Waals surface area contributed by atoms with Gasteiger partial charge in [0.2, 0.25) is 5.95 Å². The fourth-order valence-electron chi connectivity index (χ4n) is 2.15. The van der Waals surface area contributed by atoms with E-state index in [1.165, 1.54) is 5.56 Å². The number of ether oxygens (including phenoxy) is 1. The first kappa shape index (κ1) is 13.0. The second kappa shape index (κ2) is 5.53. The van der Waals surface area contributed by atoms with Crippen molar-refractivity contribution in [1.82, 2.24) is 14.4 Å². The summed E-state index contributed by atoms with van der Waals surface area (Å²) in [6.07, 6.45) is 3.68. The first-order chi connectivity index (χ1) is 9.78. The van der Waals surface area contributed by atoms with Crippen molar-refractivity contribution in [2.24, 2.45) is 0 Å². The Morgan fingerprint density at radius 2 is 2.00 bits per heavy atom. The molecule has 2 aromatic heterocycles. The van der Waals surface area contributed by atoms with Crippen LogP contribution in [-0.4, -0.2) is 37.8 Å². The predicted octanol–water partition coefficient (Wildman–Crippen LogP) is 0.608. The Hall–Kier alpha value is -2.03. The van der Waals surface area contributed by atoms with Gasteiger partial charge in [-0.2, -0.15) is 0 Å². The van der Waals surface area contributed by atoms with Crippen LogP contribution in [0, 0.1) is 0 Å².